The van der Waals surface area contributed by atoms with Crippen molar-refractivity contribution in [3.63, 3.8) is 0 Å². The topological polar surface area (TPSA) is 56.7 Å². The second-order valence-electron chi connectivity index (χ2n) is 3.29. The number of halogens is 1. The van der Waals surface area contributed by atoms with E-state index < -0.39 is 11.9 Å². The molecule has 1 atom stereocenters. The Morgan fingerprint density at radius 2 is 2.27 bits per heavy atom. The second-order valence-corrected chi connectivity index (χ2v) is 3.29. The molecule has 0 saturated heterocycles. The summed E-state index contributed by atoms with van der Waals surface area (Å²) in [5.41, 5.74) is 6.93. The van der Waals surface area contributed by atoms with Crippen molar-refractivity contribution in [2.45, 2.75) is 6.04 Å². The number of aromatic nitrogens is 3. The standard InChI is InChI=1S/C10H11FN4/c1-15-5-3-9(14-15)10(12)7-2-4-13-6-8(7)11/h2-6,10H,12H2,1H3. The van der Waals surface area contributed by atoms with Crippen LogP contribution in [0.5, 0.6) is 0 Å². The number of rotatable bonds is 2. The van der Waals surface area contributed by atoms with E-state index in [1.54, 1.807) is 30.1 Å². The molecule has 4 nitrogen and oxygen atoms in total. The first kappa shape index (κ1) is 9.79. The van der Waals surface area contributed by atoms with Crippen molar-refractivity contribution in [3.05, 3.63) is 47.8 Å². The van der Waals surface area contributed by atoms with Gasteiger partial charge in [-0.1, -0.05) is 0 Å². The lowest BCUT2D eigenvalue weighted by molar-refractivity contribution is 0.588. The van der Waals surface area contributed by atoms with Crippen LogP contribution in [0.2, 0.25) is 0 Å². The smallest absolute Gasteiger partial charge is 0.146 e. The van der Waals surface area contributed by atoms with Crippen LogP contribution in [-0.4, -0.2) is 14.8 Å². The van der Waals surface area contributed by atoms with Crippen LogP contribution in [0.3, 0.4) is 0 Å². The van der Waals surface area contributed by atoms with Gasteiger partial charge >= 0.3 is 0 Å². The van der Waals surface area contributed by atoms with Crippen LogP contribution in [0, 0.1) is 5.82 Å². The summed E-state index contributed by atoms with van der Waals surface area (Å²) in [4.78, 5) is 3.67. The summed E-state index contributed by atoms with van der Waals surface area (Å²) >= 11 is 0. The van der Waals surface area contributed by atoms with E-state index in [9.17, 15) is 4.39 Å². The lowest BCUT2D eigenvalue weighted by atomic mass is 10.1. The average Bonchev–Trinajstić information content (AvgIpc) is 2.65. The van der Waals surface area contributed by atoms with Crippen LogP contribution in [0.15, 0.2) is 30.7 Å². The van der Waals surface area contributed by atoms with Gasteiger partial charge in [0.15, 0.2) is 0 Å². The highest BCUT2D eigenvalue weighted by molar-refractivity contribution is 5.25. The SMILES string of the molecule is Cn1ccc(C(N)c2ccncc2F)n1. The molecular formula is C10H11FN4. The van der Waals surface area contributed by atoms with Crippen molar-refractivity contribution in [2.75, 3.05) is 0 Å². The van der Waals surface area contributed by atoms with Crippen LogP contribution in [0.4, 0.5) is 4.39 Å². The Bertz CT molecular complexity index is 466. The number of nitrogens with two attached hydrogens (primary N) is 1. The summed E-state index contributed by atoms with van der Waals surface area (Å²) in [5, 5.41) is 4.13. The van der Waals surface area contributed by atoms with Crippen LogP contribution in [-0.2, 0) is 7.05 Å². The fourth-order valence-corrected chi connectivity index (χ4v) is 1.40. The first-order chi connectivity index (χ1) is 7.18. The van der Waals surface area contributed by atoms with Gasteiger partial charge in [-0.15, -0.1) is 0 Å². The average molecular weight is 206 g/mol. The number of aryl methyl sites for hydroxylation is 1. The zero-order chi connectivity index (χ0) is 10.8. The van der Waals surface area contributed by atoms with E-state index >= 15 is 0 Å². The van der Waals surface area contributed by atoms with Gasteiger partial charge in [-0.3, -0.25) is 9.67 Å². The van der Waals surface area contributed by atoms with Crippen molar-refractivity contribution in [3.8, 4) is 0 Å². The van der Waals surface area contributed by atoms with Gasteiger partial charge < -0.3 is 5.73 Å². The Labute approximate surface area is 86.6 Å². The molecular weight excluding hydrogens is 195 g/mol. The Kier molecular flexibility index (Phi) is 2.47. The molecule has 0 aromatic carbocycles. The van der Waals surface area contributed by atoms with E-state index in [1.165, 1.54) is 6.20 Å². The van der Waals surface area contributed by atoms with Gasteiger partial charge in [0.2, 0.25) is 0 Å². The van der Waals surface area contributed by atoms with Crippen molar-refractivity contribution in [1.29, 1.82) is 0 Å². The van der Waals surface area contributed by atoms with Gasteiger partial charge in [-0.25, -0.2) is 4.39 Å². The van der Waals surface area contributed by atoms with E-state index in [4.69, 9.17) is 5.73 Å². The highest BCUT2D eigenvalue weighted by Crippen LogP contribution is 2.19. The van der Waals surface area contributed by atoms with Gasteiger partial charge in [-0.2, -0.15) is 5.10 Å². The molecule has 5 heteroatoms. The van der Waals surface area contributed by atoms with Gasteiger partial charge in [0.25, 0.3) is 0 Å². The molecule has 0 amide bonds. The number of pyridine rings is 1. The van der Waals surface area contributed by atoms with E-state index in [-0.39, 0.29) is 0 Å². The first-order valence-corrected chi connectivity index (χ1v) is 4.53. The quantitative estimate of drug-likeness (QED) is 0.797. The molecule has 2 heterocycles. The highest BCUT2D eigenvalue weighted by Gasteiger charge is 2.15. The summed E-state index contributed by atoms with van der Waals surface area (Å²) in [6, 6.07) is 2.79. The third-order valence-corrected chi connectivity index (χ3v) is 2.19. The van der Waals surface area contributed by atoms with E-state index in [0.717, 1.165) is 6.20 Å². The van der Waals surface area contributed by atoms with Crippen LogP contribution < -0.4 is 5.73 Å². The van der Waals surface area contributed by atoms with E-state index in [2.05, 4.69) is 10.1 Å². The van der Waals surface area contributed by atoms with Gasteiger partial charge in [0.1, 0.15) is 5.82 Å². The van der Waals surface area contributed by atoms with Gasteiger partial charge in [0, 0.05) is 25.0 Å². The second kappa shape index (κ2) is 3.78. The maximum atomic E-state index is 13.4. The van der Waals surface area contributed by atoms with Crippen molar-refractivity contribution in [2.24, 2.45) is 12.8 Å². The molecule has 2 N–H and O–H groups in total. The maximum absolute atomic E-state index is 13.4. The minimum atomic E-state index is -0.547. The number of nitrogens with zero attached hydrogens (tertiary/aromatic N) is 3. The monoisotopic (exact) mass is 206 g/mol. The molecule has 2 aromatic heterocycles. The largest absolute Gasteiger partial charge is 0.319 e. The number of hydrogen-bond donors (Lipinski definition) is 1. The maximum Gasteiger partial charge on any atom is 0.146 e. The molecule has 1 unspecified atom stereocenters. The normalized spacial score (nSPS) is 12.7. The molecule has 0 radical (unpaired) electrons. The molecule has 15 heavy (non-hydrogen) atoms. The molecule has 0 aliphatic carbocycles. The van der Waals surface area contributed by atoms with Crippen molar-refractivity contribution >= 4 is 0 Å². The fraction of sp³-hybridized carbons (Fsp3) is 0.200. The van der Waals surface area contributed by atoms with Crippen molar-refractivity contribution in [1.82, 2.24) is 14.8 Å². The zero-order valence-electron chi connectivity index (χ0n) is 8.26. The minimum absolute atomic E-state index is 0.406. The summed E-state index contributed by atoms with van der Waals surface area (Å²) < 4.78 is 15.0. The minimum Gasteiger partial charge on any atom is -0.319 e. The highest BCUT2D eigenvalue weighted by atomic mass is 19.1. The zero-order valence-corrected chi connectivity index (χ0v) is 8.26. The Hall–Kier alpha value is -1.75. The first-order valence-electron chi connectivity index (χ1n) is 4.53. The Morgan fingerprint density at radius 3 is 2.87 bits per heavy atom. The van der Waals surface area contributed by atoms with E-state index in [1.807, 2.05) is 0 Å². The molecule has 0 saturated carbocycles. The Morgan fingerprint density at radius 1 is 1.47 bits per heavy atom. The third-order valence-electron chi connectivity index (χ3n) is 2.19. The summed E-state index contributed by atoms with van der Waals surface area (Å²) in [5.74, 6) is -0.407. The molecule has 0 aliphatic heterocycles. The van der Waals surface area contributed by atoms with Crippen molar-refractivity contribution < 1.29 is 4.39 Å². The molecule has 2 rings (SSSR count). The summed E-state index contributed by atoms with van der Waals surface area (Å²) in [6.45, 7) is 0. The molecule has 0 aliphatic rings. The Balaban J connectivity index is 2.36. The van der Waals surface area contributed by atoms with Crippen LogP contribution in [0.25, 0.3) is 0 Å². The lowest BCUT2D eigenvalue weighted by Crippen LogP contribution is -2.14. The molecule has 2 aromatic rings. The van der Waals surface area contributed by atoms with Gasteiger partial charge in [0.05, 0.1) is 17.9 Å². The van der Waals surface area contributed by atoms with Crippen LogP contribution >= 0.6 is 0 Å². The van der Waals surface area contributed by atoms with E-state index in [0.29, 0.717) is 11.3 Å². The molecule has 0 bridgehead atoms. The van der Waals surface area contributed by atoms with Crippen LogP contribution in [0.1, 0.15) is 17.3 Å². The summed E-state index contributed by atoms with van der Waals surface area (Å²) in [6.07, 6.45) is 4.44. The molecule has 0 fully saturated rings. The third kappa shape index (κ3) is 1.87. The molecule has 78 valence electrons. The molecule has 0 spiro atoms. The fourth-order valence-electron chi connectivity index (χ4n) is 1.40. The predicted octanol–water partition coefficient (Wildman–Crippen LogP) is 1.00. The lowest BCUT2D eigenvalue weighted by Gasteiger charge is -2.09. The van der Waals surface area contributed by atoms with Gasteiger partial charge in [-0.05, 0) is 12.1 Å². The number of hydrogen-bond acceptors (Lipinski definition) is 3. The predicted molar refractivity (Wildman–Crippen MR) is 53.4 cm³/mol. The summed E-state index contributed by atoms with van der Waals surface area (Å²) in [7, 11) is 1.79.